The fraction of sp³-hybridized carbons (Fsp3) is 0.733. The number of aromatic nitrogens is 3. The fourth-order valence-corrected chi connectivity index (χ4v) is 7.59. The van der Waals surface area contributed by atoms with E-state index in [1.54, 1.807) is 14.0 Å². The molecule has 0 spiro atoms. The van der Waals surface area contributed by atoms with Crippen molar-refractivity contribution in [3.63, 3.8) is 0 Å². The van der Waals surface area contributed by atoms with E-state index in [1.165, 1.54) is 25.7 Å². The van der Waals surface area contributed by atoms with E-state index in [9.17, 15) is 0 Å². The van der Waals surface area contributed by atoms with Crippen molar-refractivity contribution in [2.45, 2.75) is 109 Å². The third-order valence-corrected chi connectivity index (χ3v) is 9.60. The Kier molecular flexibility index (Phi) is 9.45. The van der Waals surface area contributed by atoms with Gasteiger partial charge in [0.1, 0.15) is 16.7 Å². The van der Waals surface area contributed by atoms with Gasteiger partial charge in [0.2, 0.25) is 0 Å². The SMILES string of the molecule is CCCCC(OCCOC)C1CCCc2c(-c3nc(Cl)c(C(C)=N)c(NC(C)C45CCCN4CCC5)n3)noc21. The molecule has 2 saturated heterocycles. The third-order valence-electron chi connectivity index (χ3n) is 9.32. The van der Waals surface area contributed by atoms with Gasteiger partial charge in [0.15, 0.2) is 11.5 Å². The Balaban J connectivity index is 1.46. The topological polar surface area (TPSA) is 109 Å². The van der Waals surface area contributed by atoms with E-state index in [0.717, 1.165) is 62.9 Å². The van der Waals surface area contributed by atoms with Crippen LogP contribution in [-0.2, 0) is 15.9 Å². The molecule has 0 amide bonds. The van der Waals surface area contributed by atoms with Crippen molar-refractivity contribution in [1.29, 1.82) is 5.41 Å². The molecule has 0 saturated carbocycles. The van der Waals surface area contributed by atoms with Crippen LogP contribution < -0.4 is 5.32 Å². The van der Waals surface area contributed by atoms with Crippen LogP contribution in [0, 0.1) is 5.41 Å². The van der Waals surface area contributed by atoms with Crippen LogP contribution in [0.3, 0.4) is 0 Å². The number of hydrogen-bond acceptors (Lipinski definition) is 9. The smallest absolute Gasteiger partial charge is 0.185 e. The summed E-state index contributed by atoms with van der Waals surface area (Å²) in [7, 11) is 1.70. The monoisotopic (exact) mass is 572 g/mol. The predicted molar refractivity (Wildman–Crippen MR) is 158 cm³/mol. The van der Waals surface area contributed by atoms with Gasteiger partial charge in [0.05, 0.1) is 24.9 Å². The summed E-state index contributed by atoms with van der Waals surface area (Å²) in [5.74, 6) is 2.09. The third kappa shape index (κ3) is 5.67. The molecule has 2 aromatic rings. The maximum Gasteiger partial charge on any atom is 0.185 e. The van der Waals surface area contributed by atoms with E-state index in [4.69, 9.17) is 36.0 Å². The molecule has 2 N–H and O–H groups in total. The average Bonchev–Trinajstić information content (AvgIpc) is 3.65. The largest absolute Gasteiger partial charge is 0.382 e. The molecule has 3 aliphatic rings. The molecule has 3 atom stereocenters. The Morgan fingerprint density at radius 2 is 2.00 bits per heavy atom. The Hall–Kier alpha value is -2.07. The standard InChI is InChI=1S/C30H45ClN6O3/c1-5-6-12-23(39-18-17-38-4)21-10-7-11-22-25(36-40-26(21)22)29-34-27(31)24(19(2)32)28(35-29)33-20(3)30-13-8-15-37(30)16-9-14-30/h20-21,23,32H,5-18H2,1-4H3,(H,33,34,35). The molecule has 9 nitrogen and oxygen atoms in total. The predicted octanol–water partition coefficient (Wildman–Crippen LogP) is 6.24. The van der Waals surface area contributed by atoms with Gasteiger partial charge in [-0.3, -0.25) is 4.90 Å². The van der Waals surface area contributed by atoms with Gasteiger partial charge < -0.3 is 24.7 Å². The van der Waals surface area contributed by atoms with E-state index in [2.05, 4.69) is 34.2 Å². The Labute approximate surface area is 243 Å². The first-order valence-electron chi connectivity index (χ1n) is 15.1. The van der Waals surface area contributed by atoms with Gasteiger partial charge >= 0.3 is 0 Å². The summed E-state index contributed by atoms with van der Waals surface area (Å²) < 4.78 is 17.6. The Morgan fingerprint density at radius 1 is 1.23 bits per heavy atom. The molecular weight excluding hydrogens is 528 g/mol. The molecule has 2 aromatic heterocycles. The van der Waals surface area contributed by atoms with Crippen LogP contribution >= 0.6 is 11.6 Å². The van der Waals surface area contributed by atoms with Crippen LogP contribution in [0.15, 0.2) is 4.52 Å². The van der Waals surface area contributed by atoms with Gasteiger partial charge in [-0.25, -0.2) is 9.97 Å². The van der Waals surface area contributed by atoms with Crippen LogP contribution in [0.1, 0.15) is 101 Å². The van der Waals surface area contributed by atoms with Gasteiger partial charge in [-0.15, -0.1) is 0 Å². The molecule has 40 heavy (non-hydrogen) atoms. The average molecular weight is 573 g/mol. The number of fused-ring (bicyclic) bond motifs is 2. The highest BCUT2D eigenvalue weighted by molar-refractivity contribution is 6.33. The molecule has 0 radical (unpaired) electrons. The summed E-state index contributed by atoms with van der Waals surface area (Å²) in [6, 6.07) is 0.161. The van der Waals surface area contributed by atoms with Crippen molar-refractivity contribution in [2.24, 2.45) is 0 Å². The molecule has 10 heteroatoms. The number of anilines is 1. The van der Waals surface area contributed by atoms with Crippen molar-refractivity contribution in [1.82, 2.24) is 20.0 Å². The minimum atomic E-state index is 0.0560. The van der Waals surface area contributed by atoms with Gasteiger partial charge in [0.25, 0.3) is 0 Å². The number of halogens is 1. The lowest BCUT2D eigenvalue weighted by atomic mass is 9.82. The molecule has 2 aliphatic heterocycles. The second kappa shape index (κ2) is 12.8. The minimum absolute atomic E-state index is 0.0560. The lowest BCUT2D eigenvalue weighted by Crippen LogP contribution is -2.51. The number of unbranched alkanes of at least 4 members (excludes halogenated alkanes) is 1. The van der Waals surface area contributed by atoms with Crippen LogP contribution in [0.4, 0.5) is 5.82 Å². The number of nitrogens with zero attached hydrogens (tertiary/aromatic N) is 4. The van der Waals surface area contributed by atoms with E-state index >= 15 is 0 Å². The highest BCUT2D eigenvalue weighted by Gasteiger charge is 2.48. The van der Waals surface area contributed by atoms with Gasteiger partial charge in [0, 0.05) is 35.9 Å². The molecule has 0 aromatic carbocycles. The summed E-state index contributed by atoms with van der Waals surface area (Å²) in [6.07, 6.45) is 10.9. The highest BCUT2D eigenvalue weighted by Crippen LogP contribution is 2.44. The normalized spacial score (nSPS) is 21.7. The molecular formula is C30H45ClN6O3. The van der Waals surface area contributed by atoms with Crippen molar-refractivity contribution < 1.29 is 14.0 Å². The number of rotatable bonds is 13. The van der Waals surface area contributed by atoms with Gasteiger partial charge in [-0.1, -0.05) is 36.5 Å². The number of ether oxygens (including phenoxy) is 2. The number of hydrogen-bond donors (Lipinski definition) is 2. The fourth-order valence-electron chi connectivity index (χ4n) is 7.28. The summed E-state index contributed by atoms with van der Waals surface area (Å²) in [5, 5.41) is 16.9. The van der Waals surface area contributed by atoms with Crippen LogP contribution in [0.2, 0.25) is 5.15 Å². The van der Waals surface area contributed by atoms with Crippen LogP contribution in [-0.4, -0.2) is 76.8 Å². The molecule has 4 heterocycles. The van der Waals surface area contributed by atoms with Crippen LogP contribution in [0.25, 0.3) is 11.5 Å². The molecule has 3 unspecified atom stereocenters. The lowest BCUT2D eigenvalue weighted by molar-refractivity contribution is -0.00911. The lowest BCUT2D eigenvalue weighted by Gasteiger charge is -2.39. The number of nitrogens with one attached hydrogen (secondary N) is 2. The zero-order valence-electron chi connectivity index (χ0n) is 24.5. The van der Waals surface area contributed by atoms with Crippen molar-refractivity contribution in [3.05, 3.63) is 22.0 Å². The molecule has 2 fully saturated rings. The highest BCUT2D eigenvalue weighted by atomic mass is 35.5. The summed E-state index contributed by atoms with van der Waals surface area (Å²) in [5.41, 5.74) is 2.73. The van der Waals surface area contributed by atoms with Gasteiger partial charge in [-0.2, -0.15) is 0 Å². The Bertz CT molecular complexity index is 1180. The first-order valence-corrected chi connectivity index (χ1v) is 15.5. The van der Waals surface area contributed by atoms with Gasteiger partial charge in [-0.05, 0) is 78.3 Å². The molecule has 220 valence electrons. The van der Waals surface area contributed by atoms with E-state index in [0.29, 0.717) is 41.8 Å². The maximum absolute atomic E-state index is 8.44. The Morgan fingerprint density at radius 3 is 2.70 bits per heavy atom. The molecule has 0 bridgehead atoms. The zero-order chi connectivity index (χ0) is 28.3. The van der Waals surface area contributed by atoms with E-state index in [-0.39, 0.29) is 28.8 Å². The zero-order valence-corrected chi connectivity index (χ0v) is 25.3. The number of methoxy groups -OCH3 is 1. The second-order valence-electron chi connectivity index (χ2n) is 11.8. The molecule has 1 aliphatic carbocycles. The maximum atomic E-state index is 8.44. The minimum Gasteiger partial charge on any atom is -0.382 e. The molecule has 5 rings (SSSR count). The van der Waals surface area contributed by atoms with Crippen molar-refractivity contribution in [3.8, 4) is 11.5 Å². The summed E-state index contributed by atoms with van der Waals surface area (Å²) in [6.45, 7) is 9.62. The van der Waals surface area contributed by atoms with E-state index in [1.807, 2.05) is 0 Å². The van der Waals surface area contributed by atoms with Crippen molar-refractivity contribution in [2.75, 3.05) is 38.7 Å². The van der Waals surface area contributed by atoms with Crippen molar-refractivity contribution >= 4 is 23.1 Å². The van der Waals surface area contributed by atoms with E-state index < -0.39 is 0 Å². The van der Waals surface area contributed by atoms with Crippen LogP contribution in [0.5, 0.6) is 0 Å². The quantitative estimate of drug-likeness (QED) is 0.165. The second-order valence-corrected chi connectivity index (χ2v) is 12.1. The summed E-state index contributed by atoms with van der Waals surface area (Å²) in [4.78, 5) is 12.2. The summed E-state index contributed by atoms with van der Waals surface area (Å²) >= 11 is 6.76. The first kappa shape index (κ1) is 29.4. The first-order chi connectivity index (χ1) is 19.4.